The summed E-state index contributed by atoms with van der Waals surface area (Å²) in [4.78, 5) is 11.4. The predicted molar refractivity (Wildman–Crippen MR) is 85.2 cm³/mol. The summed E-state index contributed by atoms with van der Waals surface area (Å²) in [6.45, 7) is 0.236. The molecule has 6 nitrogen and oxygen atoms in total. The quantitative estimate of drug-likeness (QED) is 0.435. The average molecular weight is 319 g/mol. The minimum Gasteiger partial charge on any atom is -0.290 e. The number of hydrogen-bond acceptors (Lipinski definition) is 4. The molecule has 0 saturated heterocycles. The Bertz CT molecular complexity index is 771. The molecular weight excluding hydrogens is 302 g/mol. The Kier molecular flexibility index (Phi) is 4.92. The van der Waals surface area contributed by atoms with Gasteiger partial charge in [0.05, 0.1) is 6.26 Å². The van der Waals surface area contributed by atoms with Crippen molar-refractivity contribution >= 4 is 15.9 Å². The van der Waals surface area contributed by atoms with Crippen LogP contribution in [0.5, 0.6) is 0 Å². The van der Waals surface area contributed by atoms with Crippen molar-refractivity contribution in [2.45, 2.75) is 6.54 Å². The van der Waals surface area contributed by atoms with Crippen LogP contribution in [0.3, 0.4) is 0 Å². The van der Waals surface area contributed by atoms with Crippen LogP contribution in [0.4, 0.5) is 0 Å². The molecule has 0 aliphatic heterocycles. The maximum absolute atomic E-state index is 11.4. The first-order chi connectivity index (χ1) is 10.4. The Balaban J connectivity index is 2.20. The molecule has 0 atom stereocenters. The first-order valence-corrected chi connectivity index (χ1v) is 8.43. The van der Waals surface area contributed by atoms with Crippen molar-refractivity contribution in [1.82, 2.24) is 10.1 Å². The molecule has 7 heteroatoms. The van der Waals surface area contributed by atoms with Crippen LogP contribution in [0.25, 0.3) is 11.1 Å². The number of nitrogen functional groups attached to an aromatic ring is 1. The number of rotatable bonds is 5. The van der Waals surface area contributed by atoms with Crippen LogP contribution in [-0.4, -0.2) is 20.6 Å². The predicted octanol–water partition coefficient (Wildman–Crippen LogP) is 1.01. The van der Waals surface area contributed by atoms with Gasteiger partial charge < -0.3 is 0 Å². The highest BCUT2D eigenvalue weighted by atomic mass is 32.2. The van der Waals surface area contributed by atoms with Crippen molar-refractivity contribution in [2.24, 2.45) is 5.84 Å². The molecule has 0 heterocycles. The van der Waals surface area contributed by atoms with Crippen LogP contribution in [-0.2, 0) is 16.6 Å². The standard InChI is InChI=1S/C15H17N3O3S/c1-22(20,21)17-10-11-3-2-4-14(9-11)12-5-7-13(8-6-12)15(19)18-16/h2-9,17H,10,16H2,1H3,(H,18,19). The van der Waals surface area contributed by atoms with Crippen LogP contribution in [0, 0.1) is 0 Å². The zero-order chi connectivity index (χ0) is 16.2. The first-order valence-electron chi connectivity index (χ1n) is 6.54. The molecule has 0 aromatic heterocycles. The van der Waals surface area contributed by atoms with E-state index in [1.54, 1.807) is 12.1 Å². The molecule has 0 saturated carbocycles. The van der Waals surface area contributed by atoms with E-state index in [1.807, 2.05) is 36.4 Å². The van der Waals surface area contributed by atoms with E-state index in [-0.39, 0.29) is 12.5 Å². The summed E-state index contributed by atoms with van der Waals surface area (Å²) < 4.78 is 24.7. The molecule has 2 aromatic carbocycles. The highest BCUT2D eigenvalue weighted by Gasteiger charge is 2.05. The van der Waals surface area contributed by atoms with Crippen LogP contribution < -0.4 is 16.0 Å². The highest BCUT2D eigenvalue weighted by Crippen LogP contribution is 2.21. The lowest BCUT2D eigenvalue weighted by Crippen LogP contribution is -2.29. The zero-order valence-corrected chi connectivity index (χ0v) is 12.9. The third-order valence-corrected chi connectivity index (χ3v) is 3.75. The lowest BCUT2D eigenvalue weighted by atomic mass is 10.0. The summed E-state index contributed by atoms with van der Waals surface area (Å²) in [5, 5.41) is 0. The van der Waals surface area contributed by atoms with E-state index in [0.29, 0.717) is 5.56 Å². The second-order valence-corrected chi connectivity index (χ2v) is 6.68. The summed E-state index contributed by atoms with van der Waals surface area (Å²) in [6, 6.07) is 14.5. The van der Waals surface area contributed by atoms with E-state index in [1.165, 1.54) is 0 Å². The number of carbonyl (C=O) groups is 1. The topological polar surface area (TPSA) is 101 Å². The number of benzene rings is 2. The number of carbonyl (C=O) groups excluding carboxylic acids is 1. The van der Waals surface area contributed by atoms with Gasteiger partial charge in [0.25, 0.3) is 5.91 Å². The minimum absolute atomic E-state index is 0.236. The van der Waals surface area contributed by atoms with Gasteiger partial charge in [0.1, 0.15) is 0 Å². The van der Waals surface area contributed by atoms with Crippen LogP contribution in [0.2, 0.25) is 0 Å². The number of hydrazine groups is 1. The van der Waals surface area contributed by atoms with Gasteiger partial charge in [-0.15, -0.1) is 0 Å². The summed E-state index contributed by atoms with van der Waals surface area (Å²) in [5.41, 5.74) is 5.27. The molecule has 0 spiro atoms. The maximum atomic E-state index is 11.4. The van der Waals surface area contributed by atoms with E-state index in [2.05, 4.69) is 10.1 Å². The van der Waals surface area contributed by atoms with Crippen molar-refractivity contribution < 1.29 is 13.2 Å². The molecule has 0 aliphatic carbocycles. The summed E-state index contributed by atoms with van der Waals surface area (Å²) in [7, 11) is -3.22. The van der Waals surface area contributed by atoms with Crippen molar-refractivity contribution in [1.29, 1.82) is 0 Å². The van der Waals surface area contributed by atoms with Crippen molar-refractivity contribution in [3.05, 3.63) is 59.7 Å². The van der Waals surface area contributed by atoms with Gasteiger partial charge in [-0.1, -0.05) is 30.3 Å². The van der Waals surface area contributed by atoms with E-state index >= 15 is 0 Å². The molecule has 0 fully saturated rings. The number of sulfonamides is 1. The third kappa shape index (κ3) is 4.39. The fraction of sp³-hybridized carbons (Fsp3) is 0.133. The molecule has 4 N–H and O–H groups in total. The summed E-state index contributed by atoms with van der Waals surface area (Å²) in [5.74, 6) is 4.74. The molecular formula is C15H17N3O3S. The minimum atomic E-state index is -3.22. The molecule has 116 valence electrons. The smallest absolute Gasteiger partial charge is 0.265 e. The second-order valence-electron chi connectivity index (χ2n) is 4.84. The second kappa shape index (κ2) is 6.69. The van der Waals surface area contributed by atoms with E-state index < -0.39 is 10.0 Å². The van der Waals surface area contributed by atoms with Gasteiger partial charge >= 0.3 is 0 Å². The van der Waals surface area contributed by atoms with E-state index in [9.17, 15) is 13.2 Å². The molecule has 0 bridgehead atoms. The molecule has 0 aliphatic rings. The van der Waals surface area contributed by atoms with Gasteiger partial charge in [-0.25, -0.2) is 19.0 Å². The Labute approximate surface area is 129 Å². The van der Waals surface area contributed by atoms with Crippen LogP contribution >= 0.6 is 0 Å². The van der Waals surface area contributed by atoms with Gasteiger partial charge in [-0.2, -0.15) is 0 Å². The molecule has 2 aromatic rings. The zero-order valence-electron chi connectivity index (χ0n) is 12.0. The first kappa shape index (κ1) is 16.2. The monoisotopic (exact) mass is 319 g/mol. The molecule has 22 heavy (non-hydrogen) atoms. The molecule has 0 unspecified atom stereocenters. The largest absolute Gasteiger partial charge is 0.290 e. The SMILES string of the molecule is CS(=O)(=O)NCc1cccc(-c2ccc(C(=O)NN)cc2)c1. The Morgan fingerprint density at radius 2 is 1.77 bits per heavy atom. The molecule has 2 rings (SSSR count). The van der Waals surface area contributed by atoms with E-state index in [0.717, 1.165) is 22.9 Å². The maximum Gasteiger partial charge on any atom is 0.265 e. The van der Waals surface area contributed by atoms with Crippen molar-refractivity contribution in [3.63, 3.8) is 0 Å². The van der Waals surface area contributed by atoms with Gasteiger partial charge in [-0.3, -0.25) is 10.2 Å². The third-order valence-electron chi connectivity index (χ3n) is 3.08. The molecule has 0 radical (unpaired) electrons. The highest BCUT2D eigenvalue weighted by molar-refractivity contribution is 7.88. The van der Waals surface area contributed by atoms with E-state index in [4.69, 9.17) is 5.84 Å². The van der Waals surface area contributed by atoms with Crippen molar-refractivity contribution in [2.75, 3.05) is 6.26 Å². The Morgan fingerprint density at radius 3 is 2.36 bits per heavy atom. The normalized spacial score (nSPS) is 11.2. The number of nitrogens with two attached hydrogens (primary N) is 1. The lowest BCUT2D eigenvalue weighted by Gasteiger charge is -2.07. The number of nitrogens with one attached hydrogen (secondary N) is 2. The molecule has 1 amide bonds. The Hall–Kier alpha value is -2.22. The summed E-state index contributed by atoms with van der Waals surface area (Å²) in [6.07, 6.45) is 1.12. The van der Waals surface area contributed by atoms with Crippen LogP contribution in [0.1, 0.15) is 15.9 Å². The number of amides is 1. The number of hydrogen-bond donors (Lipinski definition) is 3. The lowest BCUT2D eigenvalue weighted by molar-refractivity contribution is 0.0953. The van der Waals surface area contributed by atoms with Gasteiger partial charge in [-0.05, 0) is 34.9 Å². The fourth-order valence-corrected chi connectivity index (χ4v) is 2.40. The average Bonchev–Trinajstić information content (AvgIpc) is 2.52. The fourth-order valence-electron chi connectivity index (χ4n) is 1.97. The van der Waals surface area contributed by atoms with Gasteiger partial charge in [0.15, 0.2) is 0 Å². The Morgan fingerprint density at radius 1 is 1.09 bits per heavy atom. The van der Waals surface area contributed by atoms with Gasteiger partial charge in [0, 0.05) is 12.1 Å². The van der Waals surface area contributed by atoms with Crippen LogP contribution in [0.15, 0.2) is 48.5 Å². The summed E-state index contributed by atoms with van der Waals surface area (Å²) >= 11 is 0. The van der Waals surface area contributed by atoms with Crippen molar-refractivity contribution in [3.8, 4) is 11.1 Å². The van der Waals surface area contributed by atoms with Gasteiger partial charge in [0.2, 0.25) is 10.0 Å².